The van der Waals surface area contributed by atoms with Crippen molar-refractivity contribution in [1.82, 2.24) is 10.6 Å². The Morgan fingerprint density at radius 3 is 1.95 bits per heavy atom. The Morgan fingerprint density at radius 2 is 1.57 bits per heavy atom. The molecule has 0 unspecified atom stereocenters. The van der Waals surface area contributed by atoms with E-state index >= 15 is 0 Å². The van der Waals surface area contributed by atoms with Gasteiger partial charge in [-0.05, 0) is 49.4 Å². The van der Waals surface area contributed by atoms with Crippen molar-refractivity contribution in [1.29, 1.82) is 0 Å². The minimum absolute atomic E-state index is 0.106. The minimum atomic E-state index is -1.04. The van der Waals surface area contributed by atoms with Gasteiger partial charge in [-0.15, -0.1) is 0 Å². The number of carbonyl (C=O) groups is 2. The van der Waals surface area contributed by atoms with E-state index in [1.165, 1.54) is 0 Å². The normalized spacial score (nSPS) is 26.5. The van der Waals surface area contributed by atoms with Crippen molar-refractivity contribution < 1.29 is 14.7 Å². The van der Waals surface area contributed by atoms with E-state index in [1.54, 1.807) is 0 Å². The monoisotopic (exact) mass is 296 g/mol. The van der Waals surface area contributed by atoms with Gasteiger partial charge >= 0.3 is 12.0 Å². The van der Waals surface area contributed by atoms with Crippen LogP contribution in [0.4, 0.5) is 4.79 Å². The highest BCUT2D eigenvalue weighted by Gasteiger charge is 2.46. The van der Waals surface area contributed by atoms with Crippen molar-refractivity contribution in [3.05, 3.63) is 0 Å². The molecule has 120 valence electrons. The predicted molar refractivity (Wildman–Crippen MR) is 81.1 cm³/mol. The number of carbonyl (C=O) groups excluding carboxylic acids is 1. The second-order valence-electron chi connectivity index (χ2n) is 8.45. The van der Waals surface area contributed by atoms with Gasteiger partial charge in [-0.3, -0.25) is 0 Å². The molecule has 2 rings (SSSR count). The van der Waals surface area contributed by atoms with Gasteiger partial charge in [-0.25, -0.2) is 9.59 Å². The SMILES string of the molecule is CC1(C)CC(NC(=O)NC2(C(=O)O)CCC2)CC(C)(C)C1. The molecule has 0 aromatic carbocycles. The number of urea groups is 1. The standard InChI is InChI=1S/C16H28N2O3/c1-14(2)8-11(9-15(3,4)10-14)17-13(21)18-16(12(19)20)6-5-7-16/h11H,5-10H2,1-4H3,(H,19,20)(H2,17,18,21). The largest absolute Gasteiger partial charge is 0.480 e. The lowest BCUT2D eigenvalue weighted by atomic mass is 9.63. The maximum Gasteiger partial charge on any atom is 0.329 e. The van der Waals surface area contributed by atoms with E-state index in [1.807, 2.05) is 0 Å². The maximum absolute atomic E-state index is 12.2. The Kier molecular flexibility index (Phi) is 3.98. The first-order chi connectivity index (χ1) is 9.54. The van der Waals surface area contributed by atoms with E-state index in [0.717, 1.165) is 25.7 Å². The average Bonchev–Trinajstić information content (AvgIpc) is 2.17. The van der Waals surface area contributed by atoms with Crippen LogP contribution in [-0.2, 0) is 4.79 Å². The number of hydrogen-bond donors (Lipinski definition) is 3. The van der Waals surface area contributed by atoms with Crippen LogP contribution < -0.4 is 10.6 Å². The molecule has 0 bridgehead atoms. The van der Waals surface area contributed by atoms with Gasteiger partial charge < -0.3 is 15.7 Å². The topological polar surface area (TPSA) is 78.4 Å². The maximum atomic E-state index is 12.2. The van der Waals surface area contributed by atoms with Gasteiger partial charge in [0.1, 0.15) is 5.54 Å². The predicted octanol–water partition coefficient (Wildman–Crippen LogP) is 2.90. The molecular weight excluding hydrogens is 268 g/mol. The van der Waals surface area contributed by atoms with Gasteiger partial charge in [0.05, 0.1) is 0 Å². The third-order valence-electron chi connectivity index (χ3n) is 4.86. The van der Waals surface area contributed by atoms with Crippen LogP contribution in [0.3, 0.4) is 0 Å². The summed E-state index contributed by atoms with van der Waals surface area (Å²) in [6.07, 6.45) is 4.91. The first-order valence-electron chi connectivity index (χ1n) is 7.86. The van der Waals surface area contributed by atoms with Crippen LogP contribution in [0.25, 0.3) is 0 Å². The van der Waals surface area contributed by atoms with Crippen LogP contribution >= 0.6 is 0 Å². The van der Waals surface area contributed by atoms with Gasteiger partial charge in [0.25, 0.3) is 0 Å². The molecule has 0 heterocycles. The Hall–Kier alpha value is -1.26. The van der Waals surface area contributed by atoms with E-state index in [-0.39, 0.29) is 22.9 Å². The van der Waals surface area contributed by atoms with Crippen LogP contribution in [0.15, 0.2) is 0 Å². The molecule has 3 N–H and O–H groups in total. The molecule has 5 heteroatoms. The molecule has 0 radical (unpaired) electrons. The zero-order chi connectivity index (χ0) is 15.9. The molecule has 0 aliphatic heterocycles. The van der Waals surface area contributed by atoms with Crippen molar-refractivity contribution in [3.8, 4) is 0 Å². The molecular formula is C16H28N2O3. The molecule has 2 aliphatic carbocycles. The van der Waals surface area contributed by atoms with Crippen LogP contribution in [-0.4, -0.2) is 28.7 Å². The zero-order valence-electron chi connectivity index (χ0n) is 13.6. The summed E-state index contributed by atoms with van der Waals surface area (Å²) in [6.45, 7) is 8.91. The average molecular weight is 296 g/mol. The van der Waals surface area contributed by atoms with E-state index in [4.69, 9.17) is 0 Å². The lowest BCUT2D eigenvalue weighted by Crippen LogP contribution is -2.62. The number of carboxylic acid groups (broad SMARTS) is 1. The summed E-state index contributed by atoms with van der Waals surface area (Å²) in [7, 11) is 0. The van der Waals surface area contributed by atoms with Crippen LogP contribution in [0.2, 0.25) is 0 Å². The van der Waals surface area contributed by atoms with Crippen LogP contribution in [0.5, 0.6) is 0 Å². The summed E-state index contributed by atoms with van der Waals surface area (Å²) in [6, 6.07) is -0.231. The van der Waals surface area contributed by atoms with E-state index in [9.17, 15) is 14.7 Å². The highest BCUT2D eigenvalue weighted by Crippen LogP contribution is 2.45. The van der Waals surface area contributed by atoms with Gasteiger partial charge in [-0.1, -0.05) is 27.7 Å². The van der Waals surface area contributed by atoms with Gasteiger partial charge in [0.15, 0.2) is 0 Å². The van der Waals surface area contributed by atoms with E-state index < -0.39 is 11.5 Å². The lowest BCUT2D eigenvalue weighted by molar-refractivity contribution is -0.148. The highest BCUT2D eigenvalue weighted by atomic mass is 16.4. The molecule has 0 aromatic rings. The molecule has 21 heavy (non-hydrogen) atoms. The van der Waals surface area contributed by atoms with Crippen LogP contribution in [0.1, 0.15) is 66.2 Å². The Balaban J connectivity index is 1.95. The van der Waals surface area contributed by atoms with Crippen molar-refractivity contribution in [2.75, 3.05) is 0 Å². The summed E-state index contributed by atoms with van der Waals surface area (Å²) in [5, 5.41) is 14.9. The number of rotatable bonds is 3. The fraction of sp³-hybridized carbons (Fsp3) is 0.875. The van der Waals surface area contributed by atoms with Gasteiger partial charge in [0, 0.05) is 6.04 Å². The number of carboxylic acids is 1. The molecule has 2 saturated carbocycles. The molecule has 0 aromatic heterocycles. The van der Waals surface area contributed by atoms with E-state index in [0.29, 0.717) is 12.8 Å². The third kappa shape index (κ3) is 3.69. The molecule has 2 amide bonds. The van der Waals surface area contributed by atoms with Crippen molar-refractivity contribution in [2.24, 2.45) is 10.8 Å². The number of amides is 2. The fourth-order valence-corrected chi connectivity index (χ4v) is 4.31. The number of nitrogens with one attached hydrogen (secondary N) is 2. The molecule has 2 aliphatic rings. The van der Waals surface area contributed by atoms with Gasteiger partial charge in [0.2, 0.25) is 0 Å². The highest BCUT2D eigenvalue weighted by molar-refractivity contribution is 5.87. The van der Waals surface area contributed by atoms with Crippen molar-refractivity contribution in [2.45, 2.75) is 77.8 Å². The van der Waals surface area contributed by atoms with Crippen molar-refractivity contribution >= 4 is 12.0 Å². The lowest BCUT2D eigenvalue weighted by Gasteiger charge is -2.45. The van der Waals surface area contributed by atoms with E-state index in [2.05, 4.69) is 38.3 Å². The Bertz CT molecular complexity index is 423. The second-order valence-corrected chi connectivity index (χ2v) is 8.45. The number of aliphatic carboxylic acids is 1. The Morgan fingerprint density at radius 1 is 1.05 bits per heavy atom. The molecule has 2 fully saturated rings. The first kappa shape index (κ1) is 16.1. The smallest absolute Gasteiger partial charge is 0.329 e. The summed E-state index contributed by atoms with van der Waals surface area (Å²) in [5.74, 6) is -0.923. The molecule has 0 saturated heterocycles. The van der Waals surface area contributed by atoms with Crippen molar-refractivity contribution in [3.63, 3.8) is 0 Å². The second kappa shape index (κ2) is 5.18. The summed E-state index contributed by atoms with van der Waals surface area (Å²) < 4.78 is 0. The quantitative estimate of drug-likeness (QED) is 0.749. The minimum Gasteiger partial charge on any atom is -0.480 e. The molecule has 0 spiro atoms. The van der Waals surface area contributed by atoms with Crippen LogP contribution in [0, 0.1) is 10.8 Å². The summed E-state index contributed by atoms with van der Waals surface area (Å²) in [4.78, 5) is 23.5. The molecule has 0 atom stereocenters. The fourth-order valence-electron chi connectivity index (χ4n) is 4.31. The Labute approximate surface area is 126 Å². The third-order valence-corrected chi connectivity index (χ3v) is 4.86. The first-order valence-corrected chi connectivity index (χ1v) is 7.86. The zero-order valence-corrected chi connectivity index (χ0v) is 13.6. The number of hydrogen-bond acceptors (Lipinski definition) is 2. The summed E-state index contributed by atoms with van der Waals surface area (Å²) in [5.41, 5.74) is -0.648. The molecule has 5 nitrogen and oxygen atoms in total. The summed E-state index contributed by atoms with van der Waals surface area (Å²) >= 11 is 0. The van der Waals surface area contributed by atoms with Gasteiger partial charge in [-0.2, -0.15) is 0 Å².